The lowest BCUT2D eigenvalue weighted by molar-refractivity contribution is 0.332. The van der Waals surface area contributed by atoms with Crippen LogP contribution >= 0.6 is 11.3 Å². The average molecular weight is 783 g/mol. The molecule has 1 aromatic heterocycles. The van der Waals surface area contributed by atoms with Gasteiger partial charge in [0.15, 0.2) is 5.75 Å². The maximum Gasteiger partial charge on any atom is 0.334 e. The predicted molar refractivity (Wildman–Crippen MR) is 253 cm³/mol. The first-order valence-electron chi connectivity index (χ1n) is 21.3. The van der Waals surface area contributed by atoms with Gasteiger partial charge in [-0.3, -0.25) is 0 Å². The number of nitrogens with zero attached hydrogens (tertiary/aromatic N) is 2. The lowest BCUT2D eigenvalue weighted by Gasteiger charge is -2.47. The fraction of sp³-hybridized carbons (Fsp3) is 0.222. The maximum atomic E-state index is 6.79. The summed E-state index contributed by atoms with van der Waals surface area (Å²) < 4.78 is 8.15. The van der Waals surface area contributed by atoms with Crippen molar-refractivity contribution in [3.05, 3.63) is 150 Å². The number of anilines is 5. The van der Waals surface area contributed by atoms with E-state index in [2.05, 4.69) is 192 Å². The average Bonchev–Trinajstić information content (AvgIpc) is 3.61. The molecule has 8 aromatic rings. The minimum absolute atomic E-state index is 0.0136. The van der Waals surface area contributed by atoms with E-state index >= 15 is 0 Å². The molecule has 7 aromatic carbocycles. The quantitative estimate of drug-likeness (QED) is 0.162. The molecule has 0 saturated heterocycles. The van der Waals surface area contributed by atoms with Crippen molar-refractivity contribution in [3.63, 3.8) is 0 Å². The third-order valence-corrected chi connectivity index (χ3v) is 15.2. The first-order chi connectivity index (χ1) is 28.4. The molecule has 0 radical (unpaired) electrons. The standard InChI is InChI=1S/C54H47BN2OS/c1-52(2,3)34-24-25-42(37(29-34)32-16-9-8-10-17-32)56-50-35-19-12-11-18-33(35)28-38-36-20-15-23-45-49(36)57(43-21-13-14-22-44(43)58-45)55(47(38)50)48-39-30-40-41(31-46(39)59-51(48)56)54(6,7)27-26-53(40,4)5/h8-25,28-31H,26-27H2,1-7H3. The fourth-order valence-corrected chi connectivity index (χ4v) is 12.1. The van der Waals surface area contributed by atoms with E-state index in [1.54, 1.807) is 0 Å². The number of benzene rings is 7. The van der Waals surface area contributed by atoms with Crippen molar-refractivity contribution in [2.45, 2.75) is 77.6 Å². The Labute approximate surface area is 352 Å². The normalized spacial score (nSPS) is 16.6. The van der Waals surface area contributed by atoms with Crippen molar-refractivity contribution in [3.8, 4) is 33.8 Å². The predicted octanol–water partition coefficient (Wildman–Crippen LogP) is 14.2. The van der Waals surface area contributed by atoms with Crippen molar-refractivity contribution >= 4 is 77.7 Å². The van der Waals surface area contributed by atoms with Gasteiger partial charge in [-0.25, -0.2) is 0 Å². The summed E-state index contributed by atoms with van der Waals surface area (Å²) in [5.41, 5.74) is 16.9. The molecule has 12 rings (SSSR count). The van der Waals surface area contributed by atoms with Crippen LogP contribution in [0.25, 0.3) is 43.1 Å². The van der Waals surface area contributed by atoms with E-state index in [9.17, 15) is 0 Å². The molecule has 3 nitrogen and oxygen atoms in total. The maximum absolute atomic E-state index is 6.79. The largest absolute Gasteiger partial charge is 0.453 e. The lowest BCUT2D eigenvalue weighted by atomic mass is 9.43. The van der Waals surface area contributed by atoms with Crippen LogP contribution in [0.3, 0.4) is 0 Å². The van der Waals surface area contributed by atoms with Crippen molar-refractivity contribution < 1.29 is 4.74 Å². The van der Waals surface area contributed by atoms with Crippen LogP contribution in [0, 0.1) is 0 Å². The monoisotopic (exact) mass is 782 g/mol. The van der Waals surface area contributed by atoms with E-state index < -0.39 is 0 Å². The van der Waals surface area contributed by atoms with E-state index in [1.807, 2.05) is 11.3 Å². The minimum Gasteiger partial charge on any atom is -0.453 e. The molecule has 1 aliphatic carbocycles. The number of ether oxygens (including phenoxy) is 1. The van der Waals surface area contributed by atoms with Gasteiger partial charge in [-0.2, -0.15) is 0 Å². The number of rotatable bonds is 2. The summed E-state index contributed by atoms with van der Waals surface area (Å²) in [6.45, 7) is 16.7. The second-order valence-corrected chi connectivity index (χ2v) is 20.6. The second-order valence-electron chi connectivity index (χ2n) is 19.6. The Morgan fingerprint density at radius 3 is 2.10 bits per heavy atom. The molecule has 4 heterocycles. The Kier molecular flexibility index (Phi) is 7.11. The van der Waals surface area contributed by atoms with E-state index in [0.717, 1.165) is 22.9 Å². The van der Waals surface area contributed by atoms with Crippen LogP contribution in [0.4, 0.5) is 27.8 Å². The molecule has 4 aliphatic rings. The zero-order valence-corrected chi connectivity index (χ0v) is 35.7. The SMILES string of the molecule is CC(C)(C)c1ccc(N2c3sc4cc5c(cc4c3B3c4c(cc6ccccc6c42)-c2cccc4c2N3c2ccccc2O4)C(C)(C)CCC5(C)C)c(-c2ccccc2)c1. The van der Waals surface area contributed by atoms with Crippen molar-refractivity contribution in [1.82, 2.24) is 0 Å². The molecule has 59 heavy (non-hydrogen) atoms. The van der Waals surface area contributed by atoms with Gasteiger partial charge >= 0.3 is 6.85 Å². The zero-order valence-electron chi connectivity index (χ0n) is 34.9. The third kappa shape index (κ3) is 4.88. The van der Waals surface area contributed by atoms with Crippen LogP contribution in [-0.2, 0) is 16.2 Å². The Hall–Kier alpha value is -5.78. The number of hydrogen-bond donors (Lipinski definition) is 0. The number of hydrogen-bond acceptors (Lipinski definition) is 4. The summed E-state index contributed by atoms with van der Waals surface area (Å²) in [7, 11) is 0. The zero-order chi connectivity index (χ0) is 40.2. The van der Waals surface area contributed by atoms with E-state index in [1.165, 1.54) is 99.9 Å². The van der Waals surface area contributed by atoms with Crippen LogP contribution in [0.5, 0.6) is 11.5 Å². The smallest absolute Gasteiger partial charge is 0.334 e. The highest BCUT2D eigenvalue weighted by molar-refractivity contribution is 7.26. The first kappa shape index (κ1) is 35.2. The lowest BCUT2D eigenvalue weighted by Crippen LogP contribution is -2.61. The Balaban J connectivity index is 1.28. The molecule has 0 saturated carbocycles. The van der Waals surface area contributed by atoms with E-state index in [-0.39, 0.29) is 23.1 Å². The highest BCUT2D eigenvalue weighted by Crippen LogP contribution is 2.58. The number of para-hydroxylation sites is 3. The molecule has 0 bridgehead atoms. The van der Waals surface area contributed by atoms with Crippen LogP contribution in [0.1, 0.15) is 78.0 Å². The summed E-state index contributed by atoms with van der Waals surface area (Å²) in [4.78, 5) is 5.32. The van der Waals surface area contributed by atoms with Crippen molar-refractivity contribution in [2.24, 2.45) is 0 Å². The molecule has 288 valence electrons. The van der Waals surface area contributed by atoms with Gasteiger partial charge in [-0.1, -0.05) is 133 Å². The summed E-state index contributed by atoms with van der Waals surface area (Å²) >= 11 is 1.98. The van der Waals surface area contributed by atoms with Crippen molar-refractivity contribution in [2.75, 3.05) is 9.71 Å². The van der Waals surface area contributed by atoms with Crippen LogP contribution in [0.2, 0.25) is 0 Å². The van der Waals surface area contributed by atoms with Gasteiger partial charge < -0.3 is 14.4 Å². The van der Waals surface area contributed by atoms with Gasteiger partial charge in [-0.15, -0.1) is 11.3 Å². The summed E-state index contributed by atoms with van der Waals surface area (Å²) in [5.74, 6) is 1.81. The van der Waals surface area contributed by atoms with Crippen LogP contribution < -0.4 is 25.4 Å². The second kappa shape index (κ2) is 11.9. The molecule has 0 amide bonds. The fourth-order valence-electron chi connectivity index (χ4n) is 10.8. The summed E-state index contributed by atoms with van der Waals surface area (Å²) in [6.07, 6.45) is 2.36. The Bertz CT molecular complexity index is 3100. The molecule has 0 unspecified atom stereocenters. The summed E-state index contributed by atoms with van der Waals surface area (Å²) in [5, 5.41) is 5.17. The Morgan fingerprint density at radius 1 is 0.593 bits per heavy atom. The van der Waals surface area contributed by atoms with Crippen LogP contribution in [-0.4, -0.2) is 6.85 Å². The van der Waals surface area contributed by atoms with Gasteiger partial charge in [0.2, 0.25) is 0 Å². The molecular formula is C54H47BN2OS. The molecule has 0 atom stereocenters. The molecule has 0 spiro atoms. The van der Waals surface area contributed by atoms with Crippen LogP contribution in [0.15, 0.2) is 133 Å². The van der Waals surface area contributed by atoms with Gasteiger partial charge in [0.1, 0.15) is 5.75 Å². The van der Waals surface area contributed by atoms with Gasteiger partial charge in [0, 0.05) is 21.2 Å². The molecule has 3 aliphatic heterocycles. The number of thiophene rings is 1. The van der Waals surface area contributed by atoms with Gasteiger partial charge in [0.25, 0.3) is 0 Å². The molecule has 0 N–H and O–H groups in total. The highest BCUT2D eigenvalue weighted by Gasteiger charge is 2.51. The molecule has 0 fully saturated rings. The first-order valence-corrected chi connectivity index (χ1v) is 22.1. The van der Waals surface area contributed by atoms with E-state index in [0.29, 0.717) is 0 Å². The minimum atomic E-state index is -0.0879. The Morgan fingerprint density at radius 2 is 1.31 bits per heavy atom. The number of fused-ring (bicyclic) bond motifs is 11. The third-order valence-electron chi connectivity index (χ3n) is 14.0. The van der Waals surface area contributed by atoms with Gasteiger partial charge in [0.05, 0.1) is 27.8 Å². The van der Waals surface area contributed by atoms with Gasteiger partial charge in [-0.05, 0) is 127 Å². The molecular weight excluding hydrogens is 735 g/mol. The topological polar surface area (TPSA) is 15.7 Å². The van der Waals surface area contributed by atoms with Crippen molar-refractivity contribution in [1.29, 1.82) is 0 Å². The highest BCUT2D eigenvalue weighted by atomic mass is 32.1. The van der Waals surface area contributed by atoms with E-state index in [4.69, 9.17) is 4.74 Å². The molecule has 5 heteroatoms. The summed E-state index contributed by atoms with van der Waals surface area (Å²) in [6, 6.07) is 50.3.